The first-order chi connectivity index (χ1) is 10.2. The summed E-state index contributed by atoms with van der Waals surface area (Å²) in [5.41, 5.74) is 2.07. The third-order valence-corrected chi connectivity index (χ3v) is 3.46. The van der Waals surface area contributed by atoms with Gasteiger partial charge >= 0.3 is 0 Å². The van der Waals surface area contributed by atoms with Crippen LogP contribution in [0.25, 0.3) is 0 Å². The Balaban J connectivity index is 2.41. The van der Waals surface area contributed by atoms with Crippen LogP contribution in [0.1, 0.15) is 36.4 Å². The predicted molar refractivity (Wildman–Crippen MR) is 82.4 cm³/mol. The van der Waals surface area contributed by atoms with E-state index in [0.717, 1.165) is 11.1 Å². The van der Waals surface area contributed by atoms with Gasteiger partial charge in [-0.1, -0.05) is 60.7 Å². The minimum Gasteiger partial charge on any atom is -0.349 e. The molecule has 2 atom stereocenters. The van der Waals surface area contributed by atoms with E-state index in [1.165, 1.54) is 6.92 Å². The molecule has 0 aliphatic heterocycles. The zero-order valence-electron chi connectivity index (χ0n) is 12.0. The number of nitrogens with zero attached hydrogens (tertiary/aromatic N) is 1. The summed E-state index contributed by atoms with van der Waals surface area (Å²) in [5, 5.41) is 12.2. The zero-order valence-corrected chi connectivity index (χ0v) is 12.0. The molecule has 0 aliphatic rings. The standard InChI is InChI=1S/C18H18N2O/c1-14(21)20-18(16-10-6-3-7-11-16)17(12-13-19)15-8-4-2-5-9-15/h2-11,17-18H,12H2,1H3,(H,20,21)/t17-,18-/m1/s1. The Morgan fingerprint density at radius 2 is 1.57 bits per heavy atom. The van der Waals surface area contributed by atoms with Crippen LogP contribution in [0.5, 0.6) is 0 Å². The van der Waals surface area contributed by atoms with Gasteiger partial charge in [0.1, 0.15) is 0 Å². The Hall–Kier alpha value is -2.60. The van der Waals surface area contributed by atoms with Crippen molar-refractivity contribution in [3.8, 4) is 6.07 Å². The van der Waals surface area contributed by atoms with Gasteiger partial charge in [0.25, 0.3) is 0 Å². The molecule has 0 bridgehead atoms. The average molecular weight is 278 g/mol. The van der Waals surface area contributed by atoms with Gasteiger partial charge in [-0.05, 0) is 11.1 Å². The minimum absolute atomic E-state index is 0.0671. The second-order valence-electron chi connectivity index (χ2n) is 4.97. The first-order valence-electron chi connectivity index (χ1n) is 6.96. The summed E-state index contributed by atoms with van der Waals surface area (Å²) in [7, 11) is 0. The second-order valence-corrected chi connectivity index (χ2v) is 4.97. The molecule has 0 radical (unpaired) electrons. The number of carbonyl (C=O) groups excluding carboxylic acids is 1. The van der Waals surface area contributed by atoms with Gasteiger partial charge in [-0.2, -0.15) is 5.26 Å². The predicted octanol–water partition coefficient (Wildman–Crippen LogP) is 3.56. The number of nitrogens with one attached hydrogen (secondary N) is 1. The lowest BCUT2D eigenvalue weighted by atomic mass is 9.85. The highest BCUT2D eigenvalue weighted by atomic mass is 16.1. The summed E-state index contributed by atoms with van der Waals surface area (Å²) in [6.07, 6.45) is 0.351. The highest BCUT2D eigenvalue weighted by Crippen LogP contribution is 2.33. The van der Waals surface area contributed by atoms with Crippen LogP contribution in [0.2, 0.25) is 0 Å². The molecule has 0 fully saturated rings. The number of nitriles is 1. The van der Waals surface area contributed by atoms with Crippen LogP contribution < -0.4 is 5.32 Å². The lowest BCUT2D eigenvalue weighted by Gasteiger charge is -2.27. The van der Waals surface area contributed by atoms with Gasteiger partial charge in [0.05, 0.1) is 12.1 Å². The van der Waals surface area contributed by atoms with Crippen molar-refractivity contribution in [1.82, 2.24) is 5.32 Å². The van der Waals surface area contributed by atoms with E-state index in [2.05, 4.69) is 11.4 Å². The van der Waals surface area contributed by atoms with Gasteiger partial charge in [0.15, 0.2) is 0 Å². The van der Waals surface area contributed by atoms with E-state index in [0.29, 0.717) is 6.42 Å². The first kappa shape index (κ1) is 14.8. The Morgan fingerprint density at radius 3 is 2.05 bits per heavy atom. The van der Waals surface area contributed by atoms with Gasteiger partial charge in [0, 0.05) is 19.3 Å². The highest BCUT2D eigenvalue weighted by molar-refractivity contribution is 5.73. The molecule has 1 N–H and O–H groups in total. The average Bonchev–Trinajstić information content (AvgIpc) is 2.52. The second kappa shape index (κ2) is 7.25. The Labute approximate surface area is 125 Å². The lowest BCUT2D eigenvalue weighted by molar-refractivity contribution is -0.119. The summed E-state index contributed by atoms with van der Waals surface area (Å²) in [4.78, 5) is 11.6. The largest absolute Gasteiger partial charge is 0.349 e. The molecule has 106 valence electrons. The highest BCUT2D eigenvalue weighted by Gasteiger charge is 2.25. The zero-order chi connectivity index (χ0) is 15.1. The van der Waals surface area contributed by atoms with E-state index >= 15 is 0 Å². The molecule has 0 spiro atoms. The van der Waals surface area contributed by atoms with Crippen LogP contribution in [0, 0.1) is 11.3 Å². The molecule has 2 aromatic carbocycles. The molecular formula is C18H18N2O. The fourth-order valence-corrected chi connectivity index (χ4v) is 2.52. The van der Waals surface area contributed by atoms with Crippen LogP contribution in [-0.2, 0) is 4.79 Å². The van der Waals surface area contributed by atoms with Gasteiger partial charge in [0.2, 0.25) is 5.91 Å². The molecule has 0 saturated carbocycles. The summed E-state index contributed by atoms with van der Waals surface area (Å²) in [6.45, 7) is 1.50. The van der Waals surface area contributed by atoms with Gasteiger partial charge in [-0.25, -0.2) is 0 Å². The van der Waals surface area contributed by atoms with E-state index < -0.39 is 0 Å². The number of benzene rings is 2. The SMILES string of the molecule is CC(=O)N[C@H](c1ccccc1)[C@H](CC#N)c1ccccc1. The molecule has 1 amide bonds. The third-order valence-electron chi connectivity index (χ3n) is 3.46. The van der Waals surface area contributed by atoms with E-state index in [1.54, 1.807) is 0 Å². The fourth-order valence-electron chi connectivity index (χ4n) is 2.52. The van der Waals surface area contributed by atoms with Crippen molar-refractivity contribution in [3.05, 3.63) is 71.8 Å². The fraction of sp³-hybridized carbons (Fsp3) is 0.222. The number of amides is 1. The van der Waals surface area contributed by atoms with E-state index in [1.807, 2.05) is 60.7 Å². The molecule has 21 heavy (non-hydrogen) atoms. The maximum absolute atomic E-state index is 11.6. The quantitative estimate of drug-likeness (QED) is 0.909. The van der Waals surface area contributed by atoms with Crippen LogP contribution in [0.15, 0.2) is 60.7 Å². The van der Waals surface area contributed by atoms with Crippen molar-refractivity contribution in [2.45, 2.75) is 25.3 Å². The monoisotopic (exact) mass is 278 g/mol. The van der Waals surface area contributed by atoms with Crippen molar-refractivity contribution >= 4 is 5.91 Å². The number of rotatable bonds is 5. The lowest BCUT2D eigenvalue weighted by Crippen LogP contribution is -2.30. The van der Waals surface area contributed by atoms with E-state index in [9.17, 15) is 4.79 Å². The van der Waals surface area contributed by atoms with Gasteiger partial charge in [-0.3, -0.25) is 4.79 Å². The number of hydrogen-bond donors (Lipinski definition) is 1. The maximum Gasteiger partial charge on any atom is 0.217 e. The van der Waals surface area contributed by atoms with E-state index in [4.69, 9.17) is 5.26 Å². The van der Waals surface area contributed by atoms with Crippen LogP contribution >= 0.6 is 0 Å². The summed E-state index contributed by atoms with van der Waals surface area (Å²) < 4.78 is 0. The normalized spacial score (nSPS) is 13.0. The first-order valence-corrected chi connectivity index (χ1v) is 6.96. The van der Waals surface area contributed by atoms with Crippen LogP contribution in [0.4, 0.5) is 0 Å². The number of carbonyl (C=O) groups is 1. The molecule has 3 nitrogen and oxygen atoms in total. The molecule has 2 aromatic rings. The van der Waals surface area contributed by atoms with Crippen molar-refractivity contribution in [2.75, 3.05) is 0 Å². The summed E-state index contributed by atoms with van der Waals surface area (Å²) in [5.74, 6) is -0.162. The Kier molecular flexibility index (Phi) is 5.11. The van der Waals surface area contributed by atoms with Crippen molar-refractivity contribution in [3.63, 3.8) is 0 Å². The molecule has 3 heteroatoms. The van der Waals surface area contributed by atoms with Gasteiger partial charge in [-0.15, -0.1) is 0 Å². The molecule has 0 aliphatic carbocycles. The molecule has 2 rings (SSSR count). The Morgan fingerprint density at radius 1 is 1.05 bits per heavy atom. The maximum atomic E-state index is 11.6. The molecule has 0 aromatic heterocycles. The van der Waals surface area contributed by atoms with Crippen molar-refractivity contribution < 1.29 is 4.79 Å². The van der Waals surface area contributed by atoms with Crippen molar-refractivity contribution in [2.24, 2.45) is 0 Å². The topological polar surface area (TPSA) is 52.9 Å². The van der Waals surface area contributed by atoms with E-state index in [-0.39, 0.29) is 17.9 Å². The molecule has 0 heterocycles. The summed E-state index contributed by atoms with van der Waals surface area (Å²) >= 11 is 0. The molecule has 0 saturated heterocycles. The smallest absolute Gasteiger partial charge is 0.217 e. The Bertz CT molecular complexity index is 617. The minimum atomic E-state index is -0.203. The van der Waals surface area contributed by atoms with Crippen LogP contribution in [0.3, 0.4) is 0 Å². The van der Waals surface area contributed by atoms with Crippen LogP contribution in [-0.4, -0.2) is 5.91 Å². The molecular weight excluding hydrogens is 260 g/mol. The number of hydrogen-bond acceptors (Lipinski definition) is 2. The van der Waals surface area contributed by atoms with Gasteiger partial charge < -0.3 is 5.32 Å². The third kappa shape index (κ3) is 3.93. The van der Waals surface area contributed by atoms with Crippen molar-refractivity contribution in [1.29, 1.82) is 5.26 Å². The molecule has 0 unspecified atom stereocenters. The summed E-state index contributed by atoms with van der Waals surface area (Å²) in [6, 6.07) is 21.7.